The van der Waals surface area contributed by atoms with E-state index in [9.17, 15) is 14.4 Å². The maximum atomic E-state index is 14.5. The second-order valence-electron chi connectivity index (χ2n) is 13.2. The van der Waals surface area contributed by atoms with Crippen LogP contribution in [-0.2, 0) is 40.3 Å². The van der Waals surface area contributed by atoms with Gasteiger partial charge < -0.3 is 30.3 Å². The van der Waals surface area contributed by atoms with Crippen molar-refractivity contribution in [3.63, 3.8) is 0 Å². The molecule has 2 unspecified atom stereocenters. The summed E-state index contributed by atoms with van der Waals surface area (Å²) >= 11 is 2.82. The molecule has 1 fully saturated rings. The van der Waals surface area contributed by atoms with E-state index in [2.05, 4.69) is 30.7 Å². The first-order valence-electron chi connectivity index (χ1n) is 21.8. The molecule has 0 aliphatic carbocycles. The lowest BCUT2D eigenvalue weighted by molar-refractivity contribution is -0.124. The summed E-state index contributed by atoms with van der Waals surface area (Å²) in [6.45, 7) is -9.51. The zero-order valence-corrected chi connectivity index (χ0v) is 32.3. The summed E-state index contributed by atoms with van der Waals surface area (Å²) in [5.74, 6) is -0.516. The molecule has 0 spiro atoms. The number of nitrogens with one attached hydrogen (secondary N) is 3. The van der Waals surface area contributed by atoms with Crippen LogP contribution in [0.15, 0.2) is 77.8 Å². The van der Waals surface area contributed by atoms with Crippen molar-refractivity contribution in [2.45, 2.75) is 83.1 Å². The van der Waals surface area contributed by atoms with Gasteiger partial charge in [-0.1, -0.05) is 74.5 Å². The number of urea groups is 1. The van der Waals surface area contributed by atoms with Crippen LogP contribution in [0.4, 0.5) is 9.59 Å². The Bertz CT molecular complexity index is 2040. The van der Waals surface area contributed by atoms with Crippen molar-refractivity contribution in [3.05, 3.63) is 104 Å². The van der Waals surface area contributed by atoms with Crippen molar-refractivity contribution in [3.8, 4) is 0 Å². The molecule has 0 saturated carbocycles. The number of ether oxygens (including phenoxy) is 2. The zero-order valence-electron chi connectivity index (χ0n) is 38.6. The second kappa shape index (κ2) is 21.5. The fourth-order valence-corrected chi connectivity index (χ4v) is 7.02. The number of nitrogens with zero attached hydrogens (tertiary/aromatic N) is 4. The summed E-state index contributed by atoms with van der Waals surface area (Å²) in [4.78, 5) is 52.3. The fraction of sp³-hybridized carbons (Fsp3) is 0.475. The number of morpholine rings is 1. The van der Waals surface area contributed by atoms with E-state index in [1.807, 2.05) is 79.9 Å². The summed E-state index contributed by atoms with van der Waals surface area (Å²) in [6.07, 6.45) is 2.07. The molecule has 12 nitrogen and oxygen atoms in total. The summed E-state index contributed by atoms with van der Waals surface area (Å²) in [5, 5.41) is 11.4. The van der Waals surface area contributed by atoms with Gasteiger partial charge >= 0.3 is 12.1 Å². The van der Waals surface area contributed by atoms with Gasteiger partial charge in [-0.3, -0.25) is 14.7 Å². The highest BCUT2D eigenvalue weighted by molar-refractivity contribution is 7.09. The van der Waals surface area contributed by atoms with E-state index in [1.54, 1.807) is 11.7 Å². The Morgan fingerprint density at radius 1 is 0.926 bits per heavy atom. The topological polar surface area (TPSA) is 138 Å². The number of amides is 4. The van der Waals surface area contributed by atoms with Gasteiger partial charge in [0.1, 0.15) is 12.6 Å². The first-order valence-corrected chi connectivity index (χ1v) is 19.6. The van der Waals surface area contributed by atoms with E-state index >= 15 is 0 Å². The number of carbonyl (C=O) groups excluding carboxylic acids is 3. The number of hydrogen-bond donors (Lipinski definition) is 3. The molecule has 4 amide bonds. The van der Waals surface area contributed by atoms with E-state index in [1.165, 1.54) is 34.6 Å². The molecule has 5 rings (SSSR count). The van der Waals surface area contributed by atoms with Crippen LogP contribution in [-0.4, -0.2) is 95.6 Å². The Hall–Kier alpha value is -4.37. The third-order valence-electron chi connectivity index (χ3n) is 8.54. The molecule has 0 radical (unpaired) electrons. The highest BCUT2D eigenvalue weighted by Crippen LogP contribution is 2.20. The van der Waals surface area contributed by atoms with Crippen molar-refractivity contribution >= 4 is 40.7 Å². The lowest BCUT2D eigenvalue weighted by Gasteiger charge is -2.30. The van der Waals surface area contributed by atoms with Crippen LogP contribution in [0.25, 0.3) is 0 Å². The minimum Gasteiger partial charge on any atom is -0.444 e. The normalized spacial score (nSPS) is 20.8. The Balaban J connectivity index is 1.39. The van der Waals surface area contributed by atoms with Crippen LogP contribution in [0.3, 0.4) is 0 Å². The van der Waals surface area contributed by atoms with Gasteiger partial charge in [0.25, 0.3) is 0 Å². The van der Waals surface area contributed by atoms with E-state index in [0.29, 0.717) is 36.3 Å². The lowest BCUT2D eigenvalue weighted by Crippen LogP contribution is -2.54. The van der Waals surface area contributed by atoms with Crippen molar-refractivity contribution in [1.29, 1.82) is 0 Å². The molecule has 4 aromatic rings. The van der Waals surface area contributed by atoms with Gasteiger partial charge in [-0.25, -0.2) is 14.6 Å². The van der Waals surface area contributed by atoms with Crippen LogP contribution in [0.1, 0.15) is 76.7 Å². The molecular weight excluding hydrogens is 723 g/mol. The monoisotopic (exact) mass is 783 g/mol. The van der Waals surface area contributed by atoms with Crippen LogP contribution in [0.5, 0.6) is 0 Å². The van der Waals surface area contributed by atoms with Crippen molar-refractivity contribution in [2.24, 2.45) is 0 Å². The number of thiazole rings is 2. The smallest absolute Gasteiger partial charge is 0.407 e. The molecule has 1 saturated heterocycles. The van der Waals surface area contributed by atoms with Crippen LogP contribution >= 0.6 is 22.7 Å². The molecule has 1 aliphatic rings. The van der Waals surface area contributed by atoms with Crippen LogP contribution in [0.2, 0.25) is 0 Å². The molecule has 290 valence electrons. The number of aromatic nitrogens is 2. The van der Waals surface area contributed by atoms with E-state index < -0.39 is 75.2 Å². The lowest BCUT2D eigenvalue weighted by atomic mass is 9.95. The van der Waals surface area contributed by atoms with E-state index in [4.69, 9.17) is 15.7 Å². The second-order valence-corrected chi connectivity index (χ2v) is 15.1. The molecule has 54 heavy (non-hydrogen) atoms. The molecule has 3 N–H and O–H groups in total. The minimum atomic E-state index is -3.29. The maximum Gasteiger partial charge on any atom is 0.407 e. The third kappa shape index (κ3) is 13.8. The van der Waals surface area contributed by atoms with Crippen LogP contribution < -0.4 is 16.0 Å². The van der Waals surface area contributed by atoms with E-state index in [-0.39, 0.29) is 19.1 Å². The number of alkyl carbamates (subject to hydrolysis) is 1. The quantitative estimate of drug-likeness (QED) is 0.105. The number of benzene rings is 2. The summed E-state index contributed by atoms with van der Waals surface area (Å²) in [5.41, 5.74) is 4.13. The molecular formula is C40H53N7O5S2. The fourth-order valence-electron chi connectivity index (χ4n) is 5.69. The molecule has 3 atom stereocenters. The van der Waals surface area contributed by atoms with E-state index in [0.717, 1.165) is 21.0 Å². The summed E-state index contributed by atoms with van der Waals surface area (Å²) < 4.78 is 76.7. The maximum absolute atomic E-state index is 14.5. The number of hydrogen-bond acceptors (Lipinski definition) is 10. The van der Waals surface area contributed by atoms with Gasteiger partial charge in [0.15, 0.2) is 0 Å². The highest BCUT2D eigenvalue weighted by Gasteiger charge is 2.27. The number of carbonyl (C=O) groups is 3. The predicted molar refractivity (Wildman–Crippen MR) is 213 cm³/mol. The zero-order chi connectivity index (χ0) is 45.3. The first-order chi connectivity index (χ1) is 29.2. The van der Waals surface area contributed by atoms with Gasteiger partial charge in [-0.2, -0.15) is 0 Å². The largest absolute Gasteiger partial charge is 0.444 e. The average molecular weight is 784 g/mol. The first kappa shape index (κ1) is 30.9. The summed E-state index contributed by atoms with van der Waals surface area (Å²) in [6, 6.07) is 15.8. The SMILES string of the molecule is [2H]C1([2H])OC([2H])([2H])C([2H])([2H])N(CC[C@H](NC(=O)N(C)Cc2csc(C(C)C)n2)C(=O)NC(CCC(Cc2ccccc2)NC(=O)OCc2cncs2)Cc2ccccc2)C1([2H])[2H]. The van der Waals surface area contributed by atoms with Crippen molar-refractivity contribution < 1.29 is 34.8 Å². The van der Waals surface area contributed by atoms with Crippen LogP contribution in [0, 0.1) is 0 Å². The molecule has 3 heterocycles. The van der Waals surface area contributed by atoms with Gasteiger partial charge in [-0.15, -0.1) is 22.7 Å². The van der Waals surface area contributed by atoms with Crippen molar-refractivity contribution in [1.82, 2.24) is 35.7 Å². The molecule has 2 aromatic carbocycles. The minimum absolute atomic E-state index is 0.0506. The van der Waals surface area contributed by atoms with Gasteiger partial charge in [0.2, 0.25) is 5.91 Å². The Labute approximate surface area is 337 Å². The highest BCUT2D eigenvalue weighted by atomic mass is 32.1. The van der Waals surface area contributed by atoms with Crippen molar-refractivity contribution in [2.75, 3.05) is 39.7 Å². The molecule has 2 aromatic heterocycles. The van der Waals surface area contributed by atoms with Gasteiger partial charge in [-0.05, 0) is 43.2 Å². The third-order valence-corrected chi connectivity index (χ3v) is 10.5. The molecule has 0 bridgehead atoms. The molecule has 1 aliphatic heterocycles. The Morgan fingerprint density at radius 3 is 2.17 bits per heavy atom. The Kier molecular flexibility index (Phi) is 12.3. The average Bonchev–Trinajstić information content (AvgIpc) is 3.91. The standard InChI is InChI=1S/C40H53N7O5S2/c1-29(2)38-43-34(27-53-38)25-46(3)39(49)45-36(16-17-47-18-20-51-21-19-47)37(48)42-32(22-30-10-6-4-7-11-30)14-15-33(23-31-12-8-5-9-13-31)44-40(50)52-26-35-24-41-28-54-35/h4-13,24,27-29,32-33,36H,14-23,25-26H2,1-3H3,(H,42,48)(H,44,50)(H,45,49)/t32?,33?,36-/m0/s1/i18D2,19D2,20D2,21D2. The Morgan fingerprint density at radius 2 is 1.57 bits per heavy atom. The molecule has 14 heteroatoms. The predicted octanol–water partition coefficient (Wildman–Crippen LogP) is 6.00. The van der Waals surface area contributed by atoms with Gasteiger partial charge in [0, 0.05) is 61.6 Å². The summed E-state index contributed by atoms with van der Waals surface area (Å²) in [7, 11) is 1.52. The number of rotatable bonds is 19. The van der Waals surface area contributed by atoms with Gasteiger partial charge in [0.05, 0.1) is 46.2 Å².